The van der Waals surface area contributed by atoms with Crippen LogP contribution in [0.25, 0.3) is 0 Å². The molecule has 1 fully saturated rings. The van der Waals surface area contributed by atoms with Gasteiger partial charge >= 0.3 is 18.2 Å². The minimum Gasteiger partial charge on any atom is -0.480 e. The van der Waals surface area contributed by atoms with E-state index in [0.717, 1.165) is 0 Å². The van der Waals surface area contributed by atoms with Gasteiger partial charge in [-0.15, -0.1) is 0 Å². The van der Waals surface area contributed by atoms with E-state index in [-0.39, 0.29) is 17.8 Å². The van der Waals surface area contributed by atoms with Crippen molar-refractivity contribution >= 4 is 23.7 Å². The number of hydrogen-bond acceptors (Lipinski definition) is 5. The van der Waals surface area contributed by atoms with E-state index in [2.05, 4.69) is 4.99 Å². The van der Waals surface area contributed by atoms with Crippen molar-refractivity contribution in [1.82, 2.24) is 10.2 Å². The summed E-state index contributed by atoms with van der Waals surface area (Å²) in [5.41, 5.74) is 6.07. The summed E-state index contributed by atoms with van der Waals surface area (Å²) in [5.74, 6) is -3.14. The fourth-order valence-electron chi connectivity index (χ4n) is 3.55. The number of benzene rings is 1. The molecule has 0 bridgehead atoms. The van der Waals surface area contributed by atoms with Gasteiger partial charge < -0.3 is 16.2 Å². The summed E-state index contributed by atoms with van der Waals surface area (Å²) >= 11 is 0. The molecule has 0 aromatic heterocycles. The number of carboxylic acid groups (broad SMARTS) is 1. The minimum absolute atomic E-state index is 0.0389. The maximum Gasteiger partial charge on any atom is 0.412 e. The van der Waals surface area contributed by atoms with E-state index in [4.69, 9.17) is 5.73 Å². The number of halogens is 3. The molecular weight excluding hydrogens is 405 g/mol. The van der Waals surface area contributed by atoms with Crippen molar-refractivity contribution in [3.8, 4) is 0 Å². The van der Waals surface area contributed by atoms with Gasteiger partial charge in [0.15, 0.2) is 12.1 Å². The monoisotopic (exact) mass is 424 g/mol. The Balaban J connectivity index is 1.77. The smallest absolute Gasteiger partial charge is 0.412 e. The second-order valence-corrected chi connectivity index (χ2v) is 7.00. The Morgan fingerprint density at radius 2 is 1.97 bits per heavy atom. The highest BCUT2D eigenvalue weighted by atomic mass is 19.4. The molecule has 2 aliphatic rings. The number of amides is 3. The van der Waals surface area contributed by atoms with E-state index < -0.39 is 42.1 Å². The van der Waals surface area contributed by atoms with Crippen LogP contribution < -0.4 is 11.1 Å². The van der Waals surface area contributed by atoms with Crippen LogP contribution in [0.5, 0.6) is 0 Å². The molecule has 160 valence electrons. The first-order valence-corrected chi connectivity index (χ1v) is 9.07. The third-order valence-corrected chi connectivity index (χ3v) is 4.98. The number of imide groups is 1. The van der Waals surface area contributed by atoms with Gasteiger partial charge in [0.2, 0.25) is 5.91 Å². The molecule has 2 aliphatic heterocycles. The quantitative estimate of drug-likeness (QED) is 0.624. The average molecular weight is 424 g/mol. The van der Waals surface area contributed by atoms with Crippen molar-refractivity contribution in [3.63, 3.8) is 0 Å². The number of alkyl halides is 3. The van der Waals surface area contributed by atoms with Crippen molar-refractivity contribution in [2.45, 2.75) is 31.1 Å². The van der Waals surface area contributed by atoms with Gasteiger partial charge in [-0.3, -0.25) is 9.79 Å². The van der Waals surface area contributed by atoms with Crippen LogP contribution in [0.4, 0.5) is 18.0 Å². The van der Waals surface area contributed by atoms with E-state index >= 15 is 0 Å². The summed E-state index contributed by atoms with van der Waals surface area (Å²) in [4.78, 5) is 40.9. The molecule has 1 aromatic rings. The number of dihydropyridines is 1. The van der Waals surface area contributed by atoms with Crippen LogP contribution in [-0.2, 0) is 9.59 Å². The third kappa shape index (κ3) is 4.29. The summed E-state index contributed by atoms with van der Waals surface area (Å²) in [7, 11) is 0. The lowest BCUT2D eigenvalue weighted by molar-refractivity contribution is -0.168. The number of aliphatic carboxylic acids is 1. The van der Waals surface area contributed by atoms with E-state index in [9.17, 15) is 32.7 Å². The number of amidine groups is 1. The first-order chi connectivity index (χ1) is 14.1. The number of carbonyl (C=O) groups is 3. The highest BCUT2D eigenvalue weighted by molar-refractivity contribution is 6.07. The molecule has 30 heavy (non-hydrogen) atoms. The number of rotatable bonds is 5. The SMILES string of the molecule is NC1=NCCC(C[C@H]2C(=O)N(C(=O)NC(c3ccccc3)C(F)(F)F)[C@@H]2C(=O)O)=C1. The summed E-state index contributed by atoms with van der Waals surface area (Å²) < 4.78 is 40.4. The van der Waals surface area contributed by atoms with E-state index in [0.29, 0.717) is 23.4 Å². The van der Waals surface area contributed by atoms with E-state index in [1.165, 1.54) is 36.4 Å². The minimum atomic E-state index is -4.84. The molecule has 1 aromatic carbocycles. The van der Waals surface area contributed by atoms with Crippen LogP contribution in [0.15, 0.2) is 47.0 Å². The van der Waals surface area contributed by atoms with Crippen LogP contribution in [0, 0.1) is 5.92 Å². The van der Waals surface area contributed by atoms with Gasteiger partial charge in [-0.1, -0.05) is 35.9 Å². The second kappa shape index (κ2) is 8.17. The van der Waals surface area contributed by atoms with Crippen LogP contribution in [0.2, 0.25) is 0 Å². The summed E-state index contributed by atoms with van der Waals surface area (Å²) in [6.07, 6.45) is -2.79. The lowest BCUT2D eigenvalue weighted by Gasteiger charge is -2.43. The largest absolute Gasteiger partial charge is 0.480 e. The van der Waals surface area contributed by atoms with Crippen molar-refractivity contribution in [3.05, 3.63) is 47.5 Å². The molecule has 2 heterocycles. The zero-order valence-corrected chi connectivity index (χ0v) is 15.6. The highest BCUT2D eigenvalue weighted by Crippen LogP contribution is 2.36. The Morgan fingerprint density at radius 3 is 2.53 bits per heavy atom. The zero-order chi connectivity index (χ0) is 22.1. The van der Waals surface area contributed by atoms with Crippen molar-refractivity contribution in [1.29, 1.82) is 0 Å². The molecule has 1 saturated heterocycles. The van der Waals surface area contributed by atoms with Crippen molar-refractivity contribution in [2.24, 2.45) is 16.6 Å². The Kier molecular flexibility index (Phi) is 5.81. The number of nitrogens with two attached hydrogens (primary N) is 1. The molecule has 0 aliphatic carbocycles. The Hall–Kier alpha value is -3.37. The molecule has 8 nitrogen and oxygen atoms in total. The van der Waals surface area contributed by atoms with E-state index in [1.54, 1.807) is 5.32 Å². The Morgan fingerprint density at radius 1 is 1.30 bits per heavy atom. The van der Waals surface area contributed by atoms with Gasteiger partial charge in [0.1, 0.15) is 5.84 Å². The van der Waals surface area contributed by atoms with E-state index in [1.807, 2.05) is 0 Å². The second-order valence-electron chi connectivity index (χ2n) is 7.00. The normalized spacial score (nSPS) is 22.5. The third-order valence-electron chi connectivity index (χ3n) is 4.98. The van der Waals surface area contributed by atoms with Crippen LogP contribution in [0.1, 0.15) is 24.4 Å². The summed E-state index contributed by atoms with van der Waals surface area (Å²) in [6, 6.07) is 1.25. The molecule has 1 unspecified atom stereocenters. The fraction of sp³-hybridized carbons (Fsp3) is 0.368. The lowest BCUT2D eigenvalue weighted by Crippen LogP contribution is -2.68. The maximum atomic E-state index is 13.5. The number of carboxylic acids is 1. The van der Waals surface area contributed by atoms with Crippen LogP contribution >= 0.6 is 0 Å². The number of hydrogen-bond donors (Lipinski definition) is 3. The highest BCUT2D eigenvalue weighted by Gasteiger charge is 2.56. The molecular formula is C19H19F3N4O4. The predicted octanol–water partition coefficient (Wildman–Crippen LogP) is 1.99. The molecule has 3 amide bonds. The topological polar surface area (TPSA) is 125 Å². The molecule has 0 saturated carbocycles. The molecule has 11 heteroatoms. The number of nitrogens with zero attached hydrogens (tertiary/aromatic N) is 2. The van der Waals surface area contributed by atoms with Crippen molar-refractivity contribution in [2.75, 3.05) is 6.54 Å². The zero-order valence-electron chi connectivity index (χ0n) is 15.6. The van der Waals surface area contributed by atoms with Crippen LogP contribution in [-0.4, -0.2) is 52.5 Å². The predicted molar refractivity (Wildman–Crippen MR) is 99.3 cm³/mol. The lowest BCUT2D eigenvalue weighted by atomic mass is 9.81. The first kappa shape index (κ1) is 21.3. The molecule has 3 atom stereocenters. The standard InChI is InChI=1S/C19H19F3N4O4/c20-19(21,22)15(11-4-2-1-3-5-11)25-18(30)26-14(17(28)29)12(16(26)27)8-10-6-7-24-13(23)9-10/h1-5,9,12,14-15H,6-8H2,(H2,23,24)(H,25,30)(H,28,29)/t12-,14+,15?/m1/s1. The average Bonchev–Trinajstić information content (AvgIpc) is 2.67. The number of likely N-dealkylation sites (tertiary alicyclic amines) is 1. The number of urea groups is 1. The van der Waals surface area contributed by atoms with Crippen LogP contribution in [0.3, 0.4) is 0 Å². The van der Waals surface area contributed by atoms with Gasteiger partial charge in [0, 0.05) is 6.54 Å². The number of nitrogens with one attached hydrogen (secondary N) is 1. The maximum absolute atomic E-state index is 13.5. The summed E-state index contributed by atoms with van der Waals surface area (Å²) in [6.45, 7) is 0.394. The molecule has 3 rings (SSSR count). The number of aliphatic imine (C=N–C) groups is 1. The fourth-order valence-corrected chi connectivity index (χ4v) is 3.55. The number of carbonyl (C=O) groups excluding carboxylic acids is 2. The van der Waals surface area contributed by atoms with Gasteiger partial charge in [-0.05, 0) is 24.5 Å². The Labute approximate surface area is 169 Å². The summed E-state index contributed by atoms with van der Waals surface area (Å²) in [5, 5.41) is 11.2. The molecule has 4 N–H and O–H groups in total. The van der Waals surface area contributed by atoms with Gasteiger partial charge in [-0.25, -0.2) is 14.5 Å². The van der Waals surface area contributed by atoms with Gasteiger partial charge in [-0.2, -0.15) is 13.2 Å². The van der Waals surface area contributed by atoms with Gasteiger partial charge in [0.05, 0.1) is 5.92 Å². The molecule has 0 radical (unpaired) electrons. The van der Waals surface area contributed by atoms with Gasteiger partial charge in [0.25, 0.3) is 0 Å². The number of β-lactam (4-membered cyclic amide) rings is 1. The Bertz CT molecular complexity index is 914. The van der Waals surface area contributed by atoms with Crippen molar-refractivity contribution < 1.29 is 32.7 Å². The first-order valence-electron chi connectivity index (χ1n) is 9.07. The molecule has 0 spiro atoms.